The number of carbonyl (C=O) groups is 2. The highest BCUT2D eigenvalue weighted by Gasteiger charge is 2.20. The van der Waals surface area contributed by atoms with E-state index in [-0.39, 0.29) is 18.6 Å². The van der Waals surface area contributed by atoms with Crippen LogP contribution >= 0.6 is 0 Å². The van der Waals surface area contributed by atoms with E-state index in [1.54, 1.807) is 24.3 Å². The molecule has 1 aromatic carbocycles. The van der Waals surface area contributed by atoms with Crippen LogP contribution in [0.5, 0.6) is 0 Å². The molecule has 0 saturated carbocycles. The summed E-state index contributed by atoms with van der Waals surface area (Å²) < 4.78 is 0. The van der Waals surface area contributed by atoms with Crippen molar-refractivity contribution >= 4 is 17.5 Å². The van der Waals surface area contributed by atoms with Gasteiger partial charge in [0.05, 0.1) is 23.9 Å². The molecule has 0 radical (unpaired) electrons. The summed E-state index contributed by atoms with van der Waals surface area (Å²) in [5, 5.41) is 12.3. The largest absolute Gasteiger partial charge is 0.392 e. The zero-order valence-electron chi connectivity index (χ0n) is 11.2. The average molecular weight is 277 g/mol. The number of hydrogen-bond donors (Lipinski definition) is 3. The van der Waals surface area contributed by atoms with Gasteiger partial charge in [-0.15, -0.1) is 0 Å². The fraction of sp³-hybridized carbons (Fsp3) is 0.429. The number of hydrogen-bond acceptors (Lipinski definition) is 4. The van der Waals surface area contributed by atoms with Gasteiger partial charge in [-0.1, -0.05) is 12.1 Å². The quantitative estimate of drug-likeness (QED) is 0.731. The Morgan fingerprint density at radius 3 is 2.85 bits per heavy atom. The molecule has 1 aliphatic rings. The van der Waals surface area contributed by atoms with E-state index in [1.807, 2.05) is 4.90 Å². The van der Waals surface area contributed by atoms with E-state index in [4.69, 9.17) is 5.73 Å². The van der Waals surface area contributed by atoms with Crippen molar-refractivity contribution in [3.63, 3.8) is 0 Å². The second-order valence-corrected chi connectivity index (χ2v) is 4.99. The van der Waals surface area contributed by atoms with Crippen LogP contribution in [-0.2, 0) is 4.79 Å². The summed E-state index contributed by atoms with van der Waals surface area (Å²) in [5.41, 5.74) is 5.97. The first kappa shape index (κ1) is 14.5. The van der Waals surface area contributed by atoms with Gasteiger partial charge in [0.2, 0.25) is 5.91 Å². The smallest absolute Gasteiger partial charge is 0.250 e. The molecule has 1 saturated heterocycles. The SMILES string of the molecule is NC(=O)c1ccccc1NC(=O)CN1CCCC(O)C1. The number of rotatable bonds is 4. The Hall–Kier alpha value is -1.92. The number of likely N-dealkylation sites (tertiary alicyclic amines) is 1. The molecule has 6 nitrogen and oxygen atoms in total. The Kier molecular flexibility index (Phi) is 4.70. The first-order valence-corrected chi connectivity index (χ1v) is 6.65. The second-order valence-electron chi connectivity index (χ2n) is 4.99. The van der Waals surface area contributed by atoms with Crippen LogP contribution in [-0.4, -0.2) is 47.6 Å². The van der Waals surface area contributed by atoms with E-state index in [0.717, 1.165) is 19.4 Å². The number of amides is 2. The number of nitrogens with two attached hydrogens (primary N) is 1. The van der Waals surface area contributed by atoms with Gasteiger partial charge in [-0.25, -0.2) is 0 Å². The Morgan fingerprint density at radius 1 is 1.40 bits per heavy atom. The van der Waals surface area contributed by atoms with Crippen molar-refractivity contribution in [3.05, 3.63) is 29.8 Å². The topological polar surface area (TPSA) is 95.7 Å². The maximum Gasteiger partial charge on any atom is 0.250 e. The fourth-order valence-electron chi connectivity index (χ4n) is 2.37. The summed E-state index contributed by atoms with van der Waals surface area (Å²) >= 11 is 0. The number of β-amino-alcohol motifs (C(OH)–C–C–N with tert-alkyl or cyclic N) is 1. The van der Waals surface area contributed by atoms with Gasteiger partial charge in [0.1, 0.15) is 0 Å². The summed E-state index contributed by atoms with van der Waals surface area (Å²) in [6.45, 7) is 1.50. The predicted octanol–water partition coefficient (Wildman–Crippen LogP) is 0.181. The lowest BCUT2D eigenvalue weighted by Crippen LogP contribution is -2.42. The summed E-state index contributed by atoms with van der Waals surface area (Å²) in [5.74, 6) is -0.790. The molecular formula is C14H19N3O3. The minimum atomic E-state index is -0.575. The number of carbonyl (C=O) groups excluding carboxylic acids is 2. The highest BCUT2D eigenvalue weighted by atomic mass is 16.3. The summed E-state index contributed by atoms with van der Waals surface area (Å²) in [6.07, 6.45) is 1.30. The van der Waals surface area contributed by atoms with Crippen LogP contribution in [0.15, 0.2) is 24.3 Å². The number of benzene rings is 1. The number of nitrogens with one attached hydrogen (secondary N) is 1. The third kappa shape index (κ3) is 3.79. The van der Waals surface area contributed by atoms with E-state index in [2.05, 4.69) is 5.32 Å². The Bertz CT molecular complexity index is 504. The molecule has 1 unspecified atom stereocenters. The molecule has 0 spiro atoms. The first-order chi connectivity index (χ1) is 9.56. The van der Waals surface area contributed by atoms with Crippen LogP contribution in [0.1, 0.15) is 23.2 Å². The lowest BCUT2D eigenvalue weighted by atomic mass is 10.1. The van der Waals surface area contributed by atoms with Crippen LogP contribution in [0, 0.1) is 0 Å². The number of aliphatic hydroxyl groups is 1. The molecule has 1 aromatic rings. The average Bonchev–Trinajstić information content (AvgIpc) is 2.38. The molecule has 2 amide bonds. The molecule has 1 atom stereocenters. The van der Waals surface area contributed by atoms with Gasteiger partial charge in [-0.2, -0.15) is 0 Å². The number of nitrogens with zero attached hydrogens (tertiary/aromatic N) is 1. The highest BCUT2D eigenvalue weighted by molar-refractivity contribution is 6.03. The summed E-state index contributed by atoms with van der Waals surface area (Å²) in [6, 6.07) is 6.63. The van der Waals surface area contributed by atoms with Crippen molar-refractivity contribution in [1.29, 1.82) is 0 Å². The summed E-state index contributed by atoms with van der Waals surface area (Å²) in [4.78, 5) is 25.1. The van der Waals surface area contributed by atoms with Gasteiger partial charge in [0, 0.05) is 6.54 Å². The lowest BCUT2D eigenvalue weighted by molar-refractivity contribution is -0.118. The van der Waals surface area contributed by atoms with E-state index < -0.39 is 5.91 Å². The molecule has 1 fully saturated rings. The molecule has 2 rings (SSSR count). The van der Waals surface area contributed by atoms with Gasteiger partial charge < -0.3 is 16.2 Å². The van der Waals surface area contributed by atoms with Gasteiger partial charge in [-0.3, -0.25) is 14.5 Å². The third-order valence-electron chi connectivity index (χ3n) is 3.31. The molecule has 4 N–H and O–H groups in total. The second kappa shape index (κ2) is 6.49. The third-order valence-corrected chi connectivity index (χ3v) is 3.31. The number of primary amides is 1. The maximum absolute atomic E-state index is 12.0. The zero-order valence-corrected chi connectivity index (χ0v) is 11.2. The van der Waals surface area contributed by atoms with E-state index in [0.29, 0.717) is 17.8 Å². The number of piperidine rings is 1. The van der Waals surface area contributed by atoms with Crippen molar-refractivity contribution in [2.75, 3.05) is 25.0 Å². The monoisotopic (exact) mass is 277 g/mol. The molecular weight excluding hydrogens is 258 g/mol. The van der Waals surface area contributed by atoms with Gasteiger partial charge in [0.25, 0.3) is 5.91 Å². The highest BCUT2D eigenvalue weighted by Crippen LogP contribution is 2.15. The Balaban J connectivity index is 1.96. The molecule has 6 heteroatoms. The molecule has 20 heavy (non-hydrogen) atoms. The fourth-order valence-corrected chi connectivity index (χ4v) is 2.37. The minimum Gasteiger partial charge on any atom is -0.392 e. The van der Waals surface area contributed by atoms with Crippen LogP contribution in [0.3, 0.4) is 0 Å². The van der Waals surface area contributed by atoms with Gasteiger partial charge in [0.15, 0.2) is 0 Å². The Labute approximate surface area is 117 Å². The molecule has 1 heterocycles. The minimum absolute atomic E-state index is 0.199. The van der Waals surface area contributed by atoms with E-state index in [1.165, 1.54) is 0 Å². The standard InChI is InChI=1S/C14H19N3O3/c15-14(20)11-5-1-2-6-12(11)16-13(19)9-17-7-3-4-10(18)8-17/h1-2,5-6,10,18H,3-4,7-9H2,(H2,15,20)(H,16,19). The maximum atomic E-state index is 12.0. The van der Waals surface area contributed by atoms with E-state index in [9.17, 15) is 14.7 Å². The van der Waals surface area contributed by atoms with Crippen molar-refractivity contribution in [1.82, 2.24) is 4.90 Å². The lowest BCUT2D eigenvalue weighted by Gasteiger charge is -2.29. The van der Waals surface area contributed by atoms with Crippen molar-refractivity contribution in [2.24, 2.45) is 5.73 Å². The van der Waals surface area contributed by atoms with Crippen LogP contribution in [0.4, 0.5) is 5.69 Å². The van der Waals surface area contributed by atoms with Crippen LogP contribution in [0.2, 0.25) is 0 Å². The number of para-hydroxylation sites is 1. The normalized spacial score (nSPS) is 19.6. The molecule has 1 aliphatic heterocycles. The number of anilines is 1. The molecule has 0 bridgehead atoms. The van der Waals surface area contributed by atoms with Crippen LogP contribution < -0.4 is 11.1 Å². The first-order valence-electron chi connectivity index (χ1n) is 6.65. The van der Waals surface area contributed by atoms with E-state index >= 15 is 0 Å². The summed E-state index contributed by atoms with van der Waals surface area (Å²) in [7, 11) is 0. The van der Waals surface area contributed by atoms with Gasteiger partial charge in [-0.05, 0) is 31.5 Å². The van der Waals surface area contributed by atoms with Gasteiger partial charge >= 0.3 is 0 Å². The van der Waals surface area contributed by atoms with Crippen molar-refractivity contribution in [2.45, 2.75) is 18.9 Å². The Morgan fingerprint density at radius 2 is 2.15 bits per heavy atom. The zero-order chi connectivity index (χ0) is 14.5. The van der Waals surface area contributed by atoms with Crippen molar-refractivity contribution in [3.8, 4) is 0 Å². The van der Waals surface area contributed by atoms with Crippen LogP contribution in [0.25, 0.3) is 0 Å². The van der Waals surface area contributed by atoms with Crippen molar-refractivity contribution < 1.29 is 14.7 Å². The molecule has 108 valence electrons. The number of aliphatic hydroxyl groups excluding tert-OH is 1. The molecule has 0 aliphatic carbocycles. The predicted molar refractivity (Wildman–Crippen MR) is 75.3 cm³/mol. The molecule has 0 aromatic heterocycles.